The van der Waals surface area contributed by atoms with Crippen molar-refractivity contribution < 1.29 is 22.7 Å². The maximum absolute atomic E-state index is 12.8. The first kappa shape index (κ1) is 22.5. The van der Waals surface area contributed by atoms with E-state index in [9.17, 15) is 18.0 Å². The fourth-order valence-corrected chi connectivity index (χ4v) is 5.39. The van der Waals surface area contributed by atoms with Gasteiger partial charge < -0.3 is 10.1 Å². The normalized spacial score (nSPS) is 18.9. The number of carbonyl (C=O) groups is 2. The third-order valence-electron chi connectivity index (χ3n) is 5.56. The quantitative estimate of drug-likeness (QED) is 0.526. The summed E-state index contributed by atoms with van der Waals surface area (Å²) in [6, 6.07) is 6.61. The van der Waals surface area contributed by atoms with Gasteiger partial charge in [-0.15, -0.1) is 0 Å². The van der Waals surface area contributed by atoms with E-state index in [0.29, 0.717) is 18.7 Å². The van der Waals surface area contributed by atoms with Gasteiger partial charge in [0, 0.05) is 25.2 Å². The smallest absolute Gasteiger partial charge is 0.331 e. The van der Waals surface area contributed by atoms with E-state index in [-0.39, 0.29) is 23.5 Å². The lowest BCUT2D eigenvalue weighted by atomic mass is 10.2. The molecule has 0 bridgehead atoms. The number of sulfonamides is 1. The lowest BCUT2D eigenvalue weighted by Gasteiger charge is -2.19. The van der Waals surface area contributed by atoms with Gasteiger partial charge >= 0.3 is 5.97 Å². The molecule has 0 radical (unpaired) electrons. The second-order valence-electron chi connectivity index (χ2n) is 7.88. The van der Waals surface area contributed by atoms with Crippen LogP contribution in [0.3, 0.4) is 0 Å². The van der Waals surface area contributed by atoms with E-state index in [1.54, 1.807) is 34.6 Å². The van der Waals surface area contributed by atoms with Crippen LogP contribution in [0, 0.1) is 0 Å². The van der Waals surface area contributed by atoms with Gasteiger partial charge in [0.05, 0.1) is 4.90 Å². The zero-order chi connectivity index (χ0) is 21.4. The van der Waals surface area contributed by atoms with Crippen molar-refractivity contribution in [1.82, 2.24) is 9.62 Å². The Balaban J connectivity index is 1.49. The van der Waals surface area contributed by atoms with Crippen molar-refractivity contribution in [3.63, 3.8) is 0 Å². The summed E-state index contributed by atoms with van der Waals surface area (Å²) in [5, 5.41) is 2.86. The summed E-state index contributed by atoms with van der Waals surface area (Å²) in [6.07, 6.45) is 10.9. The largest absolute Gasteiger partial charge is 0.452 e. The third kappa shape index (κ3) is 6.40. The van der Waals surface area contributed by atoms with Crippen LogP contribution in [0.4, 0.5) is 0 Å². The summed E-state index contributed by atoms with van der Waals surface area (Å²) in [6.45, 7) is 0.820. The Morgan fingerprint density at radius 2 is 1.63 bits per heavy atom. The number of hydrogen-bond donors (Lipinski definition) is 1. The minimum Gasteiger partial charge on any atom is -0.452 e. The maximum Gasteiger partial charge on any atom is 0.331 e. The molecule has 0 spiro atoms. The molecule has 30 heavy (non-hydrogen) atoms. The van der Waals surface area contributed by atoms with Crippen molar-refractivity contribution in [1.29, 1.82) is 0 Å². The standard InChI is InChI=1S/C22H30N2O5S/c25-21(23-19-7-3-4-8-19)17-29-22(26)14-11-18-9-12-20(13-10-18)30(27,28)24-15-5-1-2-6-16-24/h9-14,19H,1-8,15-17H2,(H,23,25)/b14-11+. The molecule has 2 aliphatic rings. The summed E-state index contributed by atoms with van der Waals surface area (Å²) in [7, 11) is -3.49. The van der Waals surface area contributed by atoms with Crippen LogP contribution in [-0.2, 0) is 24.3 Å². The molecule has 0 aromatic heterocycles. The Kier molecular flexibility index (Phi) is 8.04. The molecule has 1 heterocycles. The van der Waals surface area contributed by atoms with Gasteiger partial charge in [-0.25, -0.2) is 13.2 Å². The van der Waals surface area contributed by atoms with Gasteiger partial charge in [0.2, 0.25) is 10.0 Å². The fourth-order valence-electron chi connectivity index (χ4n) is 3.87. The SMILES string of the molecule is O=C(COC(=O)/C=C/c1ccc(S(=O)(=O)N2CCCCCC2)cc1)NC1CCCC1. The Morgan fingerprint density at radius 1 is 1.00 bits per heavy atom. The van der Waals surface area contributed by atoms with Crippen LogP contribution in [0.25, 0.3) is 6.08 Å². The van der Waals surface area contributed by atoms with E-state index in [1.165, 1.54) is 6.08 Å². The summed E-state index contributed by atoms with van der Waals surface area (Å²) in [5.74, 6) is -0.899. The number of nitrogens with one attached hydrogen (secondary N) is 1. The van der Waals surface area contributed by atoms with Gasteiger partial charge in [-0.1, -0.05) is 37.8 Å². The maximum atomic E-state index is 12.8. The van der Waals surface area contributed by atoms with Crippen LogP contribution in [0.1, 0.15) is 56.9 Å². The molecule has 1 aliphatic carbocycles. The van der Waals surface area contributed by atoms with Gasteiger partial charge in [-0.3, -0.25) is 4.79 Å². The minimum atomic E-state index is -3.49. The van der Waals surface area contributed by atoms with Gasteiger partial charge in [0.25, 0.3) is 5.91 Å². The molecule has 0 unspecified atom stereocenters. The second-order valence-corrected chi connectivity index (χ2v) is 9.82. The summed E-state index contributed by atoms with van der Waals surface area (Å²) < 4.78 is 32.1. The second kappa shape index (κ2) is 10.7. The molecule has 3 rings (SSSR count). The number of benzene rings is 1. The number of amides is 1. The summed E-state index contributed by atoms with van der Waals surface area (Å²) in [5.41, 5.74) is 0.678. The van der Waals surface area contributed by atoms with E-state index in [4.69, 9.17) is 4.74 Å². The van der Waals surface area contributed by atoms with Crippen LogP contribution < -0.4 is 5.32 Å². The highest BCUT2D eigenvalue weighted by atomic mass is 32.2. The molecule has 1 saturated carbocycles. The van der Waals surface area contributed by atoms with E-state index in [1.807, 2.05) is 0 Å². The van der Waals surface area contributed by atoms with E-state index in [2.05, 4.69) is 5.32 Å². The molecule has 1 aromatic carbocycles. The Hall–Kier alpha value is -2.19. The third-order valence-corrected chi connectivity index (χ3v) is 7.47. The lowest BCUT2D eigenvalue weighted by Crippen LogP contribution is -2.35. The van der Waals surface area contributed by atoms with Gasteiger partial charge in [-0.2, -0.15) is 4.31 Å². The van der Waals surface area contributed by atoms with E-state index < -0.39 is 16.0 Å². The van der Waals surface area contributed by atoms with Crippen LogP contribution >= 0.6 is 0 Å². The van der Waals surface area contributed by atoms with Crippen LogP contribution in [-0.4, -0.2) is 50.3 Å². The first-order chi connectivity index (χ1) is 14.4. The molecule has 1 amide bonds. The highest BCUT2D eigenvalue weighted by molar-refractivity contribution is 7.89. The van der Waals surface area contributed by atoms with E-state index in [0.717, 1.165) is 51.4 Å². The molecule has 1 saturated heterocycles. The number of rotatable bonds is 7. The van der Waals surface area contributed by atoms with Crippen LogP contribution in [0.2, 0.25) is 0 Å². The molecule has 1 aromatic rings. The number of nitrogens with zero attached hydrogens (tertiary/aromatic N) is 1. The highest BCUT2D eigenvalue weighted by Crippen LogP contribution is 2.21. The average molecular weight is 435 g/mol. The molecule has 8 heteroatoms. The summed E-state index contributed by atoms with van der Waals surface area (Å²) >= 11 is 0. The Bertz CT molecular complexity index is 850. The predicted molar refractivity (Wildman–Crippen MR) is 114 cm³/mol. The van der Waals surface area contributed by atoms with Gasteiger partial charge in [0.1, 0.15) is 0 Å². The zero-order valence-electron chi connectivity index (χ0n) is 17.2. The zero-order valence-corrected chi connectivity index (χ0v) is 18.0. The van der Waals surface area contributed by atoms with Crippen LogP contribution in [0.5, 0.6) is 0 Å². The van der Waals surface area contributed by atoms with Crippen LogP contribution in [0.15, 0.2) is 35.2 Å². The Morgan fingerprint density at radius 3 is 2.27 bits per heavy atom. The molecule has 1 N–H and O–H groups in total. The van der Waals surface area contributed by atoms with Crippen molar-refractivity contribution in [2.45, 2.75) is 62.3 Å². The molecular formula is C22H30N2O5S. The first-order valence-electron chi connectivity index (χ1n) is 10.7. The molecule has 0 atom stereocenters. The monoisotopic (exact) mass is 434 g/mol. The lowest BCUT2D eigenvalue weighted by molar-refractivity contribution is -0.144. The van der Waals surface area contributed by atoms with Gasteiger partial charge in [0.15, 0.2) is 6.61 Å². The summed E-state index contributed by atoms with van der Waals surface area (Å²) in [4.78, 5) is 23.9. The van der Waals surface area contributed by atoms with Crippen molar-refractivity contribution >= 4 is 28.0 Å². The minimum absolute atomic E-state index is 0.191. The van der Waals surface area contributed by atoms with Crippen molar-refractivity contribution in [2.75, 3.05) is 19.7 Å². The van der Waals surface area contributed by atoms with E-state index >= 15 is 0 Å². The molecule has 164 valence electrons. The predicted octanol–water partition coefficient (Wildman–Crippen LogP) is 2.87. The average Bonchev–Trinajstić information content (AvgIpc) is 3.08. The number of esters is 1. The molecular weight excluding hydrogens is 404 g/mol. The van der Waals surface area contributed by atoms with Crippen molar-refractivity contribution in [3.05, 3.63) is 35.9 Å². The molecule has 2 fully saturated rings. The first-order valence-corrected chi connectivity index (χ1v) is 12.1. The number of ether oxygens (including phenoxy) is 1. The van der Waals surface area contributed by atoms with Gasteiger partial charge in [-0.05, 0) is 49.5 Å². The topological polar surface area (TPSA) is 92.8 Å². The van der Waals surface area contributed by atoms with Crippen molar-refractivity contribution in [3.8, 4) is 0 Å². The number of carbonyl (C=O) groups excluding carboxylic acids is 2. The Labute approximate surface area is 178 Å². The number of hydrogen-bond acceptors (Lipinski definition) is 5. The molecule has 7 nitrogen and oxygen atoms in total. The fraction of sp³-hybridized carbons (Fsp3) is 0.545. The van der Waals surface area contributed by atoms with Crippen molar-refractivity contribution in [2.24, 2.45) is 0 Å². The molecule has 1 aliphatic heterocycles. The highest BCUT2D eigenvalue weighted by Gasteiger charge is 2.24.